The standard InChI is InChI=1S/C12H18Cl2N2/c1-9(2)12(3-5-13)16-7-10-4-6-15-8-11(10)14/h4,6,8-9,12,16H,3,5,7H2,1-2H3. The predicted octanol–water partition coefficient (Wildman–Crippen LogP) is 3.48. The summed E-state index contributed by atoms with van der Waals surface area (Å²) in [5.74, 6) is 1.25. The average molecular weight is 261 g/mol. The van der Waals surface area contributed by atoms with E-state index in [-0.39, 0.29) is 0 Å². The lowest BCUT2D eigenvalue weighted by molar-refractivity contribution is 0.389. The van der Waals surface area contributed by atoms with Crippen LogP contribution >= 0.6 is 23.2 Å². The van der Waals surface area contributed by atoms with Crippen molar-refractivity contribution in [3.8, 4) is 0 Å². The van der Waals surface area contributed by atoms with E-state index in [4.69, 9.17) is 23.2 Å². The fourth-order valence-corrected chi connectivity index (χ4v) is 2.00. The maximum atomic E-state index is 6.04. The third kappa shape index (κ3) is 4.28. The SMILES string of the molecule is CC(C)C(CCCl)NCc1ccncc1Cl. The van der Waals surface area contributed by atoms with Crippen molar-refractivity contribution in [2.45, 2.75) is 32.9 Å². The summed E-state index contributed by atoms with van der Waals surface area (Å²) < 4.78 is 0. The summed E-state index contributed by atoms with van der Waals surface area (Å²) in [5.41, 5.74) is 1.08. The normalized spacial score (nSPS) is 13.1. The van der Waals surface area contributed by atoms with Crippen LogP contribution in [0.4, 0.5) is 0 Å². The molecule has 0 fully saturated rings. The minimum atomic E-state index is 0.432. The number of nitrogens with one attached hydrogen (secondary N) is 1. The highest BCUT2D eigenvalue weighted by molar-refractivity contribution is 6.31. The molecule has 2 nitrogen and oxygen atoms in total. The first-order chi connectivity index (χ1) is 7.65. The van der Waals surface area contributed by atoms with E-state index in [0.29, 0.717) is 22.9 Å². The van der Waals surface area contributed by atoms with Crippen LogP contribution in [0, 0.1) is 5.92 Å². The van der Waals surface area contributed by atoms with E-state index < -0.39 is 0 Å². The molecule has 1 aromatic heterocycles. The van der Waals surface area contributed by atoms with Gasteiger partial charge in [0.25, 0.3) is 0 Å². The van der Waals surface area contributed by atoms with Gasteiger partial charge in [-0.25, -0.2) is 0 Å². The van der Waals surface area contributed by atoms with Crippen LogP contribution in [-0.4, -0.2) is 16.9 Å². The van der Waals surface area contributed by atoms with Crippen molar-refractivity contribution in [2.75, 3.05) is 5.88 Å². The Balaban J connectivity index is 2.52. The summed E-state index contributed by atoms with van der Waals surface area (Å²) in [6.45, 7) is 5.15. The Morgan fingerprint density at radius 2 is 2.19 bits per heavy atom. The molecule has 0 amide bonds. The van der Waals surface area contributed by atoms with Gasteiger partial charge in [-0.05, 0) is 24.0 Å². The number of hydrogen-bond donors (Lipinski definition) is 1. The van der Waals surface area contributed by atoms with Crippen molar-refractivity contribution in [3.63, 3.8) is 0 Å². The first-order valence-corrected chi connectivity index (χ1v) is 6.44. The Morgan fingerprint density at radius 3 is 2.75 bits per heavy atom. The van der Waals surface area contributed by atoms with Crippen molar-refractivity contribution < 1.29 is 0 Å². The van der Waals surface area contributed by atoms with Gasteiger partial charge in [0.05, 0.1) is 5.02 Å². The summed E-state index contributed by atoms with van der Waals surface area (Å²) in [5, 5.41) is 4.19. The van der Waals surface area contributed by atoms with Crippen LogP contribution in [0.2, 0.25) is 5.02 Å². The van der Waals surface area contributed by atoms with Crippen molar-refractivity contribution in [1.82, 2.24) is 10.3 Å². The molecule has 0 radical (unpaired) electrons. The lowest BCUT2D eigenvalue weighted by Gasteiger charge is -2.21. The van der Waals surface area contributed by atoms with E-state index in [1.807, 2.05) is 6.07 Å². The van der Waals surface area contributed by atoms with Crippen LogP contribution < -0.4 is 5.32 Å². The molecule has 0 aliphatic heterocycles. The summed E-state index contributed by atoms with van der Waals surface area (Å²) in [7, 11) is 0. The van der Waals surface area contributed by atoms with Gasteiger partial charge in [-0.3, -0.25) is 4.98 Å². The molecule has 1 N–H and O–H groups in total. The smallest absolute Gasteiger partial charge is 0.0634 e. The van der Waals surface area contributed by atoms with E-state index in [2.05, 4.69) is 24.1 Å². The summed E-state index contributed by atoms with van der Waals surface area (Å²) >= 11 is 11.8. The van der Waals surface area contributed by atoms with E-state index in [1.54, 1.807) is 12.4 Å². The number of hydrogen-bond acceptors (Lipinski definition) is 2. The van der Waals surface area contributed by atoms with Gasteiger partial charge in [0.2, 0.25) is 0 Å². The molecule has 4 heteroatoms. The molecule has 1 unspecified atom stereocenters. The van der Waals surface area contributed by atoms with E-state index in [1.165, 1.54) is 0 Å². The molecule has 0 saturated carbocycles. The Kier molecular flexibility index (Phi) is 6.10. The highest BCUT2D eigenvalue weighted by Crippen LogP contribution is 2.14. The summed E-state index contributed by atoms with van der Waals surface area (Å²) in [6.07, 6.45) is 4.40. The van der Waals surface area contributed by atoms with Gasteiger partial charge >= 0.3 is 0 Å². The molecule has 0 bridgehead atoms. The number of nitrogens with zero attached hydrogens (tertiary/aromatic N) is 1. The molecular weight excluding hydrogens is 243 g/mol. The predicted molar refractivity (Wildman–Crippen MR) is 70.0 cm³/mol. The molecule has 90 valence electrons. The summed E-state index contributed by atoms with van der Waals surface area (Å²) in [4.78, 5) is 3.96. The molecular formula is C12H18Cl2N2. The van der Waals surface area contributed by atoms with Gasteiger partial charge < -0.3 is 5.32 Å². The summed E-state index contributed by atoms with van der Waals surface area (Å²) in [6, 6.07) is 2.37. The molecule has 0 aliphatic carbocycles. The van der Waals surface area contributed by atoms with Crippen LogP contribution in [-0.2, 0) is 6.54 Å². The molecule has 16 heavy (non-hydrogen) atoms. The second kappa shape index (κ2) is 7.10. The highest BCUT2D eigenvalue weighted by Gasteiger charge is 2.12. The maximum absolute atomic E-state index is 6.04. The molecule has 0 aromatic carbocycles. The number of halogens is 2. The zero-order valence-corrected chi connectivity index (χ0v) is 11.2. The lowest BCUT2D eigenvalue weighted by atomic mass is 10.0. The monoisotopic (exact) mass is 260 g/mol. The number of rotatable bonds is 6. The van der Waals surface area contributed by atoms with Crippen molar-refractivity contribution in [3.05, 3.63) is 29.0 Å². The Labute approximate surface area is 107 Å². The third-order valence-electron chi connectivity index (χ3n) is 2.64. The molecule has 0 spiro atoms. The minimum Gasteiger partial charge on any atom is -0.310 e. The van der Waals surface area contributed by atoms with Gasteiger partial charge in [0.15, 0.2) is 0 Å². The molecule has 1 atom stereocenters. The van der Waals surface area contributed by atoms with Gasteiger partial charge in [0, 0.05) is 30.9 Å². The van der Waals surface area contributed by atoms with E-state index >= 15 is 0 Å². The van der Waals surface area contributed by atoms with Crippen molar-refractivity contribution in [2.24, 2.45) is 5.92 Å². The Morgan fingerprint density at radius 1 is 1.44 bits per heavy atom. The largest absolute Gasteiger partial charge is 0.310 e. The highest BCUT2D eigenvalue weighted by atomic mass is 35.5. The third-order valence-corrected chi connectivity index (χ3v) is 3.19. The average Bonchev–Trinajstić information content (AvgIpc) is 2.26. The Bertz CT molecular complexity index is 316. The lowest BCUT2D eigenvalue weighted by Crippen LogP contribution is -2.33. The fraction of sp³-hybridized carbons (Fsp3) is 0.583. The molecule has 1 aromatic rings. The second-order valence-corrected chi connectivity index (χ2v) is 4.96. The molecule has 0 aliphatic rings. The minimum absolute atomic E-state index is 0.432. The van der Waals surface area contributed by atoms with Crippen molar-refractivity contribution >= 4 is 23.2 Å². The number of alkyl halides is 1. The zero-order valence-electron chi connectivity index (χ0n) is 9.71. The van der Waals surface area contributed by atoms with Gasteiger partial charge in [0.1, 0.15) is 0 Å². The first-order valence-electron chi connectivity index (χ1n) is 5.53. The van der Waals surface area contributed by atoms with Crippen LogP contribution in [0.1, 0.15) is 25.8 Å². The zero-order chi connectivity index (χ0) is 12.0. The van der Waals surface area contributed by atoms with E-state index in [9.17, 15) is 0 Å². The van der Waals surface area contributed by atoms with Gasteiger partial charge in [-0.1, -0.05) is 25.4 Å². The first kappa shape index (κ1) is 13.8. The van der Waals surface area contributed by atoms with Crippen LogP contribution in [0.3, 0.4) is 0 Å². The molecule has 1 rings (SSSR count). The second-order valence-electron chi connectivity index (χ2n) is 4.18. The molecule has 1 heterocycles. The Hall–Kier alpha value is -0.310. The van der Waals surface area contributed by atoms with E-state index in [0.717, 1.165) is 18.5 Å². The number of pyridine rings is 1. The van der Waals surface area contributed by atoms with Gasteiger partial charge in [-0.2, -0.15) is 0 Å². The fourth-order valence-electron chi connectivity index (χ4n) is 1.58. The molecule has 0 saturated heterocycles. The van der Waals surface area contributed by atoms with Crippen molar-refractivity contribution in [1.29, 1.82) is 0 Å². The topological polar surface area (TPSA) is 24.9 Å². The number of aromatic nitrogens is 1. The van der Waals surface area contributed by atoms with Crippen LogP contribution in [0.15, 0.2) is 18.5 Å². The van der Waals surface area contributed by atoms with Crippen LogP contribution in [0.5, 0.6) is 0 Å². The van der Waals surface area contributed by atoms with Gasteiger partial charge in [-0.15, -0.1) is 11.6 Å². The van der Waals surface area contributed by atoms with Crippen LogP contribution in [0.25, 0.3) is 0 Å². The maximum Gasteiger partial charge on any atom is 0.0634 e. The quantitative estimate of drug-likeness (QED) is 0.793.